The van der Waals surface area contributed by atoms with Gasteiger partial charge in [-0.05, 0) is 49.7 Å². The second-order valence-electron chi connectivity index (χ2n) is 9.08. The van der Waals surface area contributed by atoms with Gasteiger partial charge in [0.2, 0.25) is 11.8 Å². The molecule has 0 aliphatic carbocycles. The molecule has 0 radical (unpaired) electrons. The maximum atomic E-state index is 12.6. The molecule has 34 heavy (non-hydrogen) atoms. The third kappa shape index (κ3) is 15.4. The summed E-state index contributed by atoms with van der Waals surface area (Å²) in [5.74, 6) is 0.178. The average molecular weight is 473 g/mol. The van der Waals surface area contributed by atoms with Gasteiger partial charge in [0, 0.05) is 19.6 Å². The van der Waals surface area contributed by atoms with Crippen LogP contribution in [0, 0.1) is 11.8 Å². The lowest BCUT2D eigenvalue weighted by atomic mass is 10.0. The Bertz CT molecular complexity index is 726. The van der Waals surface area contributed by atoms with E-state index in [9.17, 15) is 9.59 Å². The summed E-state index contributed by atoms with van der Waals surface area (Å²) in [7, 11) is 0. The number of nitrogens with one attached hydrogen (secondary N) is 2. The van der Waals surface area contributed by atoms with Crippen molar-refractivity contribution in [1.82, 2.24) is 10.6 Å². The number of carbonyl (C=O) groups excluding carboxylic acids is 2. The maximum absolute atomic E-state index is 12.6. The van der Waals surface area contributed by atoms with E-state index in [2.05, 4.69) is 43.5 Å². The fourth-order valence-corrected chi connectivity index (χ4v) is 3.20. The van der Waals surface area contributed by atoms with Gasteiger partial charge in [-0.3, -0.25) is 9.59 Å². The first-order valence-corrected chi connectivity index (χ1v) is 12.7. The number of rotatable bonds is 14. The molecule has 0 aliphatic rings. The molecule has 5 nitrogen and oxygen atoms in total. The smallest absolute Gasteiger partial charge is 0.243 e. The van der Waals surface area contributed by atoms with Crippen molar-refractivity contribution in [3.63, 3.8) is 0 Å². The molecule has 2 atom stereocenters. The van der Waals surface area contributed by atoms with E-state index in [1.807, 2.05) is 64.1 Å². The predicted octanol–water partition coefficient (Wildman–Crippen LogP) is 6.21. The zero-order chi connectivity index (χ0) is 25.8. The van der Waals surface area contributed by atoms with Crippen molar-refractivity contribution in [3.8, 4) is 0 Å². The number of benzene rings is 1. The van der Waals surface area contributed by atoms with Crippen LogP contribution in [0.2, 0.25) is 0 Å². The molecule has 0 saturated carbocycles. The van der Waals surface area contributed by atoms with E-state index < -0.39 is 6.04 Å². The van der Waals surface area contributed by atoms with Crippen LogP contribution in [0.1, 0.15) is 79.7 Å². The van der Waals surface area contributed by atoms with E-state index in [1.54, 1.807) is 0 Å². The van der Waals surface area contributed by atoms with E-state index >= 15 is 0 Å². The van der Waals surface area contributed by atoms with Crippen LogP contribution in [0.25, 0.3) is 0 Å². The minimum Gasteiger partial charge on any atom is -0.376 e. The molecule has 0 saturated heterocycles. The summed E-state index contributed by atoms with van der Waals surface area (Å²) < 4.78 is 5.78. The summed E-state index contributed by atoms with van der Waals surface area (Å²) >= 11 is 0. The second kappa shape index (κ2) is 20.0. The first-order chi connectivity index (χ1) is 16.3. The fraction of sp³-hybridized carbons (Fsp3) is 0.586. The van der Waals surface area contributed by atoms with Crippen LogP contribution in [0.3, 0.4) is 0 Å². The average Bonchev–Trinajstić information content (AvgIpc) is 2.81. The number of amides is 2. The van der Waals surface area contributed by atoms with Crippen LogP contribution in [-0.4, -0.2) is 31.0 Å². The van der Waals surface area contributed by atoms with Gasteiger partial charge in [0.05, 0.1) is 6.61 Å². The Hall–Kier alpha value is -2.40. The Morgan fingerprint density at radius 3 is 2.26 bits per heavy atom. The largest absolute Gasteiger partial charge is 0.376 e. The summed E-state index contributed by atoms with van der Waals surface area (Å²) in [5, 5.41) is 5.84. The second-order valence-corrected chi connectivity index (χ2v) is 9.08. The van der Waals surface area contributed by atoms with Crippen LogP contribution in [0.15, 0.2) is 54.1 Å². The zero-order valence-corrected chi connectivity index (χ0v) is 22.5. The van der Waals surface area contributed by atoms with Gasteiger partial charge in [-0.1, -0.05) is 89.6 Å². The minimum atomic E-state index is -0.525. The van der Waals surface area contributed by atoms with Crippen molar-refractivity contribution in [2.24, 2.45) is 11.8 Å². The van der Waals surface area contributed by atoms with Gasteiger partial charge < -0.3 is 15.4 Å². The topological polar surface area (TPSA) is 67.4 Å². The normalized spacial score (nSPS) is 13.2. The van der Waals surface area contributed by atoms with Gasteiger partial charge in [-0.15, -0.1) is 0 Å². The highest BCUT2D eigenvalue weighted by molar-refractivity contribution is 5.88. The van der Waals surface area contributed by atoms with Crippen molar-refractivity contribution in [3.05, 3.63) is 59.7 Å². The lowest BCUT2D eigenvalue weighted by molar-refractivity contribution is -0.130. The Morgan fingerprint density at radius 1 is 1.06 bits per heavy atom. The molecule has 1 aromatic carbocycles. The fourth-order valence-electron chi connectivity index (χ4n) is 3.20. The van der Waals surface area contributed by atoms with Crippen LogP contribution < -0.4 is 10.6 Å². The van der Waals surface area contributed by atoms with E-state index in [-0.39, 0.29) is 17.7 Å². The lowest BCUT2D eigenvalue weighted by Gasteiger charge is -2.22. The molecule has 1 rings (SSSR count). The van der Waals surface area contributed by atoms with Crippen molar-refractivity contribution < 1.29 is 14.3 Å². The highest BCUT2D eigenvalue weighted by Gasteiger charge is 2.23. The molecule has 1 aromatic rings. The molecular formula is C29H48N2O3. The molecule has 0 aromatic heterocycles. The Labute approximate surface area is 208 Å². The summed E-state index contributed by atoms with van der Waals surface area (Å²) in [5.41, 5.74) is 2.20. The van der Waals surface area contributed by atoms with E-state index in [4.69, 9.17) is 4.74 Å². The molecule has 0 fully saturated rings. The number of hydrogen-bond donors (Lipinski definition) is 2. The third-order valence-electron chi connectivity index (χ3n) is 5.10. The molecular weight excluding hydrogens is 424 g/mol. The lowest BCUT2D eigenvalue weighted by Crippen LogP contribution is -2.50. The first kappa shape index (κ1) is 31.6. The maximum Gasteiger partial charge on any atom is 0.243 e. The predicted molar refractivity (Wildman–Crippen MR) is 143 cm³/mol. The standard InChI is InChI=1S/C26H40N2O3.C3H8/c1-6-12-22(7-2)17-27-26(30)25(20(3)4)28-24(29)16-11-13-21(5)18-31-19-23-14-9-8-10-15-23;1-3-2/h6-10,12,14-15,20-21,25H,11,13,16-19H2,1-5H3,(H,27,30)(H,28,29);3H2,1-2H3/b12-6-,22-7+;. The van der Waals surface area contributed by atoms with Crippen molar-refractivity contribution >= 4 is 11.8 Å². The van der Waals surface area contributed by atoms with Gasteiger partial charge >= 0.3 is 0 Å². The quantitative estimate of drug-likeness (QED) is 0.317. The Balaban J connectivity index is 0.00000343. The van der Waals surface area contributed by atoms with Crippen molar-refractivity contribution in [1.29, 1.82) is 0 Å². The summed E-state index contributed by atoms with van der Waals surface area (Å²) in [6, 6.07) is 9.59. The molecule has 2 amide bonds. The third-order valence-corrected chi connectivity index (χ3v) is 5.10. The molecule has 192 valence electrons. The molecule has 0 aliphatic heterocycles. The van der Waals surface area contributed by atoms with Crippen LogP contribution in [0.4, 0.5) is 0 Å². The van der Waals surface area contributed by atoms with Gasteiger partial charge in [-0.25, -0.2) is 0 Å². The van der Waals surface area contributed by atoms with Gasteiger partial charge in [0.15, 0.2) is 0 Å². The van der Waals surface area contributed by atoms with Crippen LogP contribution in [-0.2, 0) is 20.9 Å². The highest BCUT2D eigenvalue weighted by atomic mass is 16.5. The van der Waals surface area contributed by atoms with Crippen molar-refractivity contribution in [2.45, 2.75) is 86.8 Å². The SMILES string of the molecule is C/C=C\C(=C/C)CNC(=O)C(NC(=O)CCCC(C)COCc1ccccc1)C(C)C.CCC. The van der Waals surface area contributed by atoms with E-state index in [0.29, 0.717) is 32.1 Å². The monoisotopic (exact) mass is 472 g/mol. The zero-order valence-electron chi connectivity index (χ0n) is 22.5. The molecule has 5 heteroatoms. The number of ether oxygens (including phenoxy) is 1. The van der Waals surface area contributed by atoms with Gasteiger partial charge in [0.25, 0.3) is 0 Å². The highest BCUT2D eigenvalue weighted by Crippen LogP contribution is 2.11. The molecule has 2 N–H and O–H groups in total. The first-order valence-electron chi connectivity index (χ1n) is 12.7. The number of carbonyl (C=O) groups is 2. The summed E-state index contributed by atoms with van der Waals surface area (Å²) in [6.45, 7) is 15.9. The van der Waals surface area contributed by atoms with Gasteiger partial charge in [-0.2, -0.15) is 0 Å². The summed E-state index contributed by atoms with van der Waals surface area (Å²) in [6.07, 6.45) is 9.23. The number of allylic oxidation sites excluding steroid dienone is 2. The van der Waals surface area contributed by atoms with Crippen molar-refractivity contribution in [2.75, 3.05) is 13.2 Å². The summed E-state index contributed by atoms with van der Waals surface area (Å²) in [4.78, 5) is 25.0. The molecule has 0 bridgehead atoms. The number of hydrogen-bond acceptors (Lipinski definition) is 3. The molecule has 2 unspecified atom stereocenters. The Kier molecular flexibility index (Phi) is 18.6. The van der Waals surface area contributed by atoms with E-state index in [1.165, 1.54) is 12.0 Å². The van der Waals surface area contributed by atoms with Crippen LogP contribution >= 0.6 is 0 Å². The van der Waals surface area contributed by atoms with Crippen LogP contribution in [0.5, 0.6) is 0 Å². The molecule has 0 spiro atoms. The van der Waals surface area contributed by atoms with Gasteiger partial charge in [0.1, 0.15) is 6.04 Å². The molecule has 0 heterocycles. The Morgan fingerprint density at radius 2 is 1.71 bits per heavy atom. The minimum absolute atomic E-state index is 0.0185. The van der Waals surface area contributed by atoms with E-state index in [0.717, 1.165) is 18.4 Å².